The van der Waals surface area contributed by atoms with Gasteiger partial charge in [-0.3, -0.25) is 9.59 Å². The number of benzene rings is 1. The zero-order chi connectivity index (χ0) is 16.9. The van der Waals surface area contributed by atoms with Crippen molar-refractivity contribution in [3.05, 3.63) is 33.8 Å². The SMILES string of the molecule is CC(=O)NC(C)C(=O)NC(Cc1cc(Cl)cc(Cl)c1)C(=O)O. The molecule has 0 aromatic heterocycles. The van der Waals surface area contributed by atoms with Gasteiger partial charge in [0, 0.05) is 23.4 Å². The van der Waals surface area contributed by atoms with Crippen LogP contribution in [0.4, 0.5) is 0 Å². The van der Waals surface area contributed by atoms with E-state index in [4.69, 9.17) is 23.2 Å². The van der Waals surface area contributed by atoms with Crippen molar-refractivity contribution in [3.8, 4) is 0 Å². The Morgan fingerprint density at radius 2 is 1.68 bits per heavy atom. The van der Waals surface area contributed by atoms with Gasteiger partial charge in [-0.05, 0) is 30.7 Å². The molecule has 0 aliphatic rings. The molecule has 2 amide bonds. The van der Waals surface area contributed by atoms with E-state index in [0.29, 0.717) is 15.6 Å². The summed E-state index contributed by atoms with van der Waals surface area (Å²) in [6.45, 7) is 2.73. The highest BCUT2D eigenvalue weighted by Crippen LogP contribution is 2.20. The molecule has 2 atom stereocenters. The van der Waals surface area contributed by atoms with Crippen LogP contribution < -0.4 is 10.6 Å². The molecule has 1 aromatic rings. The Hall–Kier alpha value is -1.79. The molecule has 0 spiro atoms. The van der Waals surface area contributed by atoms with E-state index in [1.54, 1.807) is 12.1 Å². The summed E-state index contributed by atoms with van der Waals surface area (Å²) in [4.78, 5) is 34.1. The van der Waals surface area contributed by atoms with Gasteiger partial charge in [0.15, 0.2) is 0 Å². The summed E-state index contributed by atoms with van der Waals surface area (Å²) in [5.41, 5.74) is 0.581. The van der Waals surface area contributed by atoms with Gasteiger partial charge < -0.3 is 15.7 Å². The van der Waals surface area contributed by atoms with E-state index in [9.17, 15) is 19.5 Å². The Bertz CT molecular complexity index is 572. The van der Waals surface area contributed by atoms with Crippen LogP contribution in [-0.2, 0) is 20.8 Å². The predicted molar refractivity (Wildman–Crippen MR) is 83.0 cm³/mol. The number of hydrogen-bond acceptors (Lipinski definition) is 3. The number of halogens is 2. The van der Waals surface area contributed by atoms with Crippen LogP contribution in [0.1, 0.15) is 19.4 Å². The Balaban J connectivity index is 2.79. The molecule has 120 valence electrons. The van der Waals surface area contributed by atoms with Gasteiger partial charge in [-0.2, -0.15) is 0 Å². The van der Waals surface area contributed by atoms with Gasteiger partial charge in [0.1, 0.15) is 12.1 Å². The summed E-state index contributed by atoms with van der Waals surface area (Å²) < 4.78 is 0. The number of aliphatic carboxylic acids is 1. The van der Waals surface area contributed by atoms with Crippen LogP contribution in [-0.4, -0.2) is 35.0 Å². The molecule has 1 rings (SSSR count). The average molecular weight is 347 g/mol. The first-order valence-corrected chi connectivity index (χ1v) is 7.20. The lowest BCUT2D eigenvalue weighted by Gasteiger charge is -2.18. The van der Waals surface area contributed by atoms with E-state index < -0.39 is 24.0 Å². The molecular formula is C14H16Cl2N2O4. The van der Waals surface area contributed by atoms with E-state index in [2.05, 4.69) is 10.6 Å². The first-order chi connectivity index (χ1) is 10.2. The second kappa shape index (κ2) is 8.00. The molecule has 0 radical (unpaired) electrons. The van der Waals surface area contributed by atoms with Gasteiger partial charge in [-0.15, -0.1) is 0 Å². The molecule has 0 heterocycles. The van der Waals surface area contributed by atoms with Crippen LogP contribution >= 0.6 is 23.2 Å². The number of carboxylic acids is 1. The van der Waals surface area contributed by atoms with Gasteiger partial charge >= 0.3 is 5.97 Å². The highest BCUT2D eigenvalue weighted by molar-refractivity contribution is 6.34. The fourth-order valence-corrected chi connectivity index (χ4v) is 2.40. The zero-order valence-corrected chi connectivity index (χ0v) is 13.5. The van der Waals surface area contributed by atoms with E-state index in [-0.39, 0.29) is 12.3 Å². The largest absolute Gasteiger partial charge is 0.480 e. The van der Waals surface area contributed by atoms with Crippen molar-refractivity contribution in [2.24, 2.45) is 0 Å². The van der Waals surface area contributed by atoms with Crippen molar-refractivity contribution >= 4 is 41.0 Å². The van der Waals surface area contributed by atoms with Gasteiger partial charge in [-0.1, -0.05) is 23.2 Å². The third-order valence-corrected chi connectivity index (χ3v) is 3.23. The fourth-order valence-electron chi connectivity index (χ4n) is 1.83. The molecular weight excluding hydrogens is 331 g/mol. The molecule has 6 nitrogen and oxygen atoms in total. The molecule has 22 heavy (non-hydrogen) atoms. The van der Waals surface area contributed by atoms with Crippen LogP contribution in [0.2, 0.25) is 10.0 Å². The molecule has 0 saturated heterocycles. The molecule has 0 bridgehead atoms. The third-order valence-electron chi connectivity index (χ3n) is 2.79. The fraction of sp³-hybridized carbons (Fsp3) is 0.357. The first-order valence-electron chi connectivity index (χ1n) is 6.44. The molecule has 1 aromatic carbocycles. The van der Waals surface area contributed by atoms with Crippen molar-refractivity contribution in [1.29, 1.82) is 0 Å². The standard InChI is InChI=1S/C14H16Cl2N2O4/c1-7(17-8(2)19)13(20)18-12(14(21)22)5-9-3-10(15)6-11(16)4-9/h3-4,6-7,12H,5H2,1-2H3,(H,17,19)(H,18,20)(H,21,22). The molecule has 8 heteroatoms. The second-order valence-corrected chi connectivity index (χ2v) is 5.68. The summed E-state index contributed by atoms with van der Waals surface area (Å²) in [6.07, 6.45) is 0.0220. The van der Waals surface area contributed by atoms with E-state index >= 15 is 0 Å². The first kappa shape index (κ1) is 18.3. The molecule has 2 unspecified atom stereocenters. The maximum Gasteiger partial charge on any atom is 0.326 e. The monoisotopic (exact) mass is 346 g/mol. The minimum atomic E-state index is -1.19. The lowest BCUT2D eigenvalue weighted by molar-refractivity contribution is -0.142. The van der Waals surface area contributed by atoms with Crippen molar-refractivity contribution < 1.29 is 19.5 Å². The lowest BCUT2D eigenvalue weighted by Crippen LogP contribution is -2.50. The topological polar surface area (TPSA) is 95.5 Å². The number of amides is 2. The van der Waals surface area contributed by atoms with E-state index in [1.807, 2.05) is 0 Å². The summed E-state index contributed by atoms with van der Waals surface area (Å²) in [5.74, 6) is -2.16. The van der Waals surface area contributed by atoms with Gasteiger partial charge in [0.05, 0.1) is 0 Å². The summed E-state index contributed by atoms with van der Waals surface area (Å²) in [6, 6.07) is 2.69. The minimum Gasteiger partial charge on any atom is -0.480 e. The molecule has 0 aliphatic carbocycles. The summed E-state index contributed by atoms with van der Waals surface area (Å²) in [5, 5.41) is 14.7. The van der Waals surface area contributed by atoms with Crippen LogP contribution in [0.3, 0.4) is 0 Å². The van der Waals surface area contributed by atoms with E-state index in [1.165, 1.54) is 19.9 Å². The highest BCUT2D eigenvalue weighted by atomic mass is 35.5. The lowest BCUT2D eigenvalue weighted by atomic mass is 10.1. The number of nitrogens with one attached hydrogen (secondary N) is 2. The molecule has 0 saturated carbocycles. The number of carboxylic acid groups (broad SMARTS) is 1. The molecule has 0 aliphatic heterocycles. The quantitative estimate of drug-likeness (QED) is 0.729. The Morgan fingerprint density at radius 3 is 2.14 bits per heavy atom. The molecule has 0 fully saturated rings. The van der Waals surface area contributed by atoms with Crippen molar-refractivity contribution in [1.82, 2.24) is 10.6 Å². The smallest absolute Gasteiger partial charge is 0.326 e. The van der Waals surface area contributed by atoms with Gasteiger partial charge in [-0.25, -0.2) is 4.79 Å². The number of hydrogen-bond donors (Lipinski definition) is 3. The Kier molecular flexibility index (Phi) is 6.64. The van der Waals surface area contributed by atoms with Crippen molar-refractivity contribution in [2.45, 2.75) is 32.4 Å². The van der Waals surface area contributed by atoms with Crippen molar-refractivity contribution in [3.63, 3.8) is 0 Å². The number of rotatable bonds is 6. The summed E-state index contributed by atoms with van der Waals surface area (Å²) in [7, 11) is 0. The van der Waals surface area contributed by atoms with Crippen LogP contribution in [0.15, 0.2) is 18.2 Å². The van der Waals surface area contributed by atoms with Gasteiger partial charge in [0.2, 0.25) is 11.8 Å². The zero-order valence-electron chi connectivity index (χ0n) is 12.0. The second-order valence-electron chi connectivity index (χ2n) is 4.80. The van der Waals surface area contributed by atoms with Crippen LogP contribution in [0.5, 0.6) is 0 Å². The Labute approximate surface area is 137 Å². The maximum atomic E-state index is 11.9. The van der Waals surface area contributed by atoms with E-state index in [0.717, 1.165) is 0 Å². The maximum absolute atomic E-state index is 11.9. The van der Waals surface area contributed by atoms with Crippen LogP contribution in [0, 0.1) is 0 Å². The number of carbonyl (C=O) groups excluding carboxylic acids is 2. The minimum absolute atomic E-state index is 0.0220. The molecule has 3 N–H and O–H groups in total. The van der Waals surface area contributed by atoms with Gasteiger partial charge in [0.25, 0.3) is 0 Å². The summed E-state index contributed by atoms with van der Waals surface area (Å²) >= 11 is 11.7. The van der Waals surface area contributed by atoms with Crippen molar-refractivity contribution in [2.75, 3.05) is 0 Å². The average Bonchev–Trinajstić information content (AvgIpc) is 2.35. The number of carbonyl (C=O) groups is 3. The Morgan fingerprint density at radius 1 is 1.14 bits per heavy atom. The van der Waals surface area contributed by atoms with Crippen LogP contribution in [0.25, 0.3) is 0 Å². The predicted octanol–water partition coefficient (Wildman–Crippen LogP) is 1.63. The highest BCUT2D eigenvalue weighted by Gasteiger charge is 2.23. The third kappa shape index (κ3) is 5.91. The normalized spacial score (nSPS) is 13.1.